The molecule has 0 N–H and O–H groups in total. The number of carbonyl (C=O) groups is 2. The van der Waals surface area contributed by atoms with Crippen molar-refractivity contribution in [1.82, 2.24) is 4.90 Å². The van der Waals surface area contributed by atoms with E-state index < -0.39 is 0 Å². The number of rotatable bonds is 5. The van der Waals surface area contributed by atoms with Gasteiger partial charge in [-0.15, -0.1) is 0 Å². The number of benzene rings is 2. The van der Waals surface area contributed by atoms with Crippen molar-refractivity contribution in [3.63, 3.8) is 0 Å². The molecule has 2 heterocycles. The monoisotopic (exact) mass is 392 g/mol. The van der Waals surface area contributed by atoms with E-state index in [1.807, 2.05) is 53.4 Å². The summed E-state index contributed by atoms with van der Waals surface area (Å²) in [5.74, 6) is 0.306. The predicted octanol–water partition coefficient (Wildman–Crippen LogP) is 3.67. The number of ether oxygens (including phenoxy) is 1. The average Bonchev–Trinajstić information content (AvgIpc) is 3.17. The van der Waals surface area contributed by atoms with Gasteiger partial charge in [-0.25, -0.2) is 0 Å². The highest BCUT2D eigenvalue weighted by molar-refractivity contribution is 6.00. The van der Waals surface area contributed by atoms with E-state index in [9.17, 15) is 9.59 Å². The van der Waals surface area contributed by atoms with E-state index in [-0.39, 0.29) is 23.8 Å². The zero-order chi connectivity index (χ0) is 20.2. The topological polar surface area (TPSA) is 49.9 Å². The number of methoxy groups -OCH3 is 1. The van der Waals surface area contributed by atoms with Crippen LogP contribution in [-0.4, -0.2) is 43.5 Å². The summed E-state index contributed by atoms with van der Waals surface area (Å²) in [5.41, 5.74) is 2.07. The summed E-state index contributed by atoms with van der Waals surface area (Å²) in [6.07, 6.45) is 2.21. The van der Waals surface area contributed by atoms with E-state index in [0.29, 0.717) is 18.9 Å². The third-order valence-electron chi connectivity index (χ3n) is 6.20. The Labute approximate surface area is 172 Å². The second-order valence-corrected chi connectivity index (χ2v) is 7.97. The number of hydrogen-bond donors (Lipinski definition) is 0. The number of carbonyl (C=O) groups excluding carboxylic acids is 2. The molecule has 2 unspecified atom stereocenters. The largest absolute Gasteiger partial charge is 0.376 e. The summed E-state index contributed by atoms with van der Waals surface area (Å²) in [6.45, 7) is 1.94. The molecular weight excluding hydrogens is 364 g/mol. The van der Waals surface area contributed by atoms with Crippen molar-refractivity contribution < 1.29 is 14.3 Å². The molecule has 0 aromatic heterocycles. The second-order valence-electron chi connectivity index (χ2n) is 7.97. The van der Waals surface area contributed by atoms with Gasteiger partial charge < -0.3 is 14.5 Å². The fourth-order valence-corrected chi connectivity index (χ4v) is 4.65. The lowest BCUT2D eigenvalue weighted by molar-refractivity contribution is -0.137. The van der Waals surface area contributed by atoms with Gasteiger partial charge in [0.1, 0.15) is 0 Å². The van der Waals surface area contributed by atoms with Crippen molar-refractivity contribution in [2.45, 2.75) is 25.4 Å². The van der Waals surface area contributed by atoms with Crippen LogP contribution < -0.4 is 4.90 Å². The van der Waals surface area contributed by atoms with E-state index in [1.54, 1.807) is 12.0 Å². The lowest BCUT2D eigenvalue weighted by Gasteiger charge is -2.36. The van der Waals surface area contributed by atoms with Crippen LogP contribution in [0.4, 0.5) is 5.69 Å². The summed E-state index contributed by atoms with van der Waals surface area (Å²) in [7, 11) is 1.76. The highest BCUT2D eigenvalue weighted by Gasteiger charge is 2.38. The molecule has 0 spiro atoms. The minimum atomic E-state index is -0.244. The zero-order valence-electron chi connectivity index (χ0n) is 16.9. The molecular formula is C24H28N2O3. The number of piperidine rings is 1. The Morgan fingerprint density at radius 3 is 2.24 bits per heavy atom. The first-order valence-corrected chi connectivity index (χ1v) is 10.4. The van der Waals surface area contributed by atoms with Gasteiger partial charge in [-0.3, -0.25) is 9.59 Å². The molecule has 0 bridgehead atoms. The number of amides is 2. The number of para-hydroxylation sites is 1. The van der Waals surface area contributed by atoms with Crippen molar-refractivity contribution in [2.24, 2.45) is 11.8 Å². The molecule has 5 heteroatoms. The number of anilines is 1. The molecule has 2 atom stereocenters. The molecule has 2 amide bonds. The number of hydrogen-bond acceptors (Lipinski definition) is 3. The SMILES string of the molecule is COC(c1ccccc1)C1CCN(C(=O)C2CC(=O)N(c3ccccc3)C2)CC1. The predicted molar refractivity (Wildman–Crippen MR) is 112 cm³/mol. The second kappa shape index (κ2) is 8.78. The Balaban J connectivity index is 1.35. The van der Waals surface area contributed by atoms with Gasteiger partial charge in [-0.2, -0.15) is 0 Å². The van der Waals surface area contributed by atoms with E-state index >= 15 is 0 Å². The fourth-order valence-electron chi connectivity index (χ4n) is 4.65. The first-order valence-electron chi connectivity index (χ1n) is 10.4. The molecule has 4 rings (SSSR count). The Morgan fingerprint density at radius 1 is 1.00 bits per heavy atom. The van der Waals surface area contributed by atoms with Crippen molar-refractivity contribution in [3.05, 3.63) is 66.2 Å². The smallest absolute Gasteiger partial charge is 0.228 e. The van der Waals surface area contributed by atoms with Crippen LogP contribution in [0.25, 0.3) is 0 Å². The standard InChI is InChI=1S/C24H28N2O3/c1-29-23(18-8-4-2-5-9-18)19-12-14-25(15-13-19)24(28)20-16-22(27)26(17-20)21-10-6-3-7-11-21/h2-11,19-20,23H,12-17H2,1H3. The van der Waals surface area contributed by atoms with Gasteiger partial charge in [0, 0.05) is 38.9 Å². The molecule has 2 aromatic rings. The molecule has 2 aliphatic heterocycles. The highest BCUT2D eigenvalue weighted by Crippen LogP contribution is 2.34. The lowest BCUT2D eigenvalue weighted by Crippen LogP contribution is -2.43. The third kappa shape index (κ3) is 4.20. The first-order chi connectivity index (χ1) is 14.2. The minimum absolute atomic E-state index is 0.0351. The maximum absolute atomic E-state index is 13.1. The van der Waals surface area contributed by atoms with Crippen LogP contribution in [0.1, 0.15) is 30.9 Å². The molecule has 0 radical (unpaired) electrons. The van der Waals surface area contributed by atoms with Gasteiger partial charge in [-0.05, 0) is 36.5 Å². The normalized spacial score (nSPS) is 21.4. The highest BCUT2D eigenvalue weighted by atomic mass is 16.5. The van der Waals surface area contributed by atoms with Crippen molar-refractivity contribution in [3.8, 4) is 0 Å². The van der Waals surface area contributed by atoms with E-state index in [1.165, 1.54) is 5.56 Å². The lowest BCUT2D eigenvalue weighted by atomic mass is 9.87. The Hall–Kier alpha value is -2.66. The van der Waals surface area contributed by atoms with Gasteiger partial charge >= 0.3 is 0 Å². The summed E-state index contributed by atoms with van der Waals surface area (Å²) < 4.78 is 5.79. The van der Waals surface area contributed by atoms with Gasteiger partial charge in [0.05, 0.1) is 12.0 Å². The van der Waals surface area contributed by atoms with Crippen LogP contribution in [0.3, 0.4) is 0 Å². The van der Waals surface area contributed by atoms with E-state index in [0.717, 1.165) is 31.6 Å². The molecule has 0 aliphatic carbocycles. The van der Waals surface area contributed by atoms with Gasteiger partial charge in [0.25, 0.3) is 0 Å². The van der Waals surface area contributed by atoms with Gasteiger partial charge in [0.2, 0.25) is 11.8 Å². The Bertz CT molecular complexity index is 832. The summed E-state index contributed by atoms with van der Waals surface area (Å²) >= 11 is 0. The first kappa shape index (κ1) is 19.6. The summed E-state index contributed by atoms with van der Waals surface area (Å²) in [6, 6.07) is 19.9. The molecule has 2 fully saturated rings. The molecule has 152 valence electrons. The summed E-state index contributed by atoms with van der Waals surface area (Å²) in [5, 5.41) is 0. The van der Waals surface area contributed by atoms with Crippen molar-refractivity contribution >= 4 is 17.5 Å². The third-order valence-corrected chi connectivity index (χ3v) is 6.20. The van der Waals surface area contributed by atoms with Crippen molar-refractivity contribution in [2.75, 3.05) is 31.6 Å². The quantitative estimate of drug-likeness (QED) is 0.780. The van der Waals surface area contributed by atoms with Gasteiger partial charge in [0.15, 0.2) is 0 Å². The fraction of sp³-hybridized carbons (Fsp3) is 0.417. The molecule has 2 saturated heterocycles. The molecule has 2 aliphatic rings. The summed E-state index contributed by atoms with van der Waals surface area (Å²) in [4.78, 5) is 29.2. The Morgan fingerprint density at radius 2 is 1.62 bits per heavy atom. The molecule has 0 saturated carbocycles. The maximum Gasteiger partial charge on any atom is 0.228 e. The average molecular weight is 392 g/mol. The van der Waals surface area contributed by atoms with Crippen LogP contribution in [0.2, 0.25) is 0 Å². The molecule has 29 heavy (non-hydrogen) atoms. The van der Waals surface area contributed by atoms with Crippen LogP contribution in [0, 0.1) is 11.8 Å². The Kier molecular flexibility index (Phi) is 5.95. The van der Waals surface area contributed by atoms with Crippen molar-refractivity contribution in [1.29, 1.82) is 0 Å². The zero-order valence-corrected chi connectivity index (χ0v) is 16.9. The van der Waals surface area contributed by atoms with Crippen LogP contribution in [0.5, 0.6) is 0 Å². The molecule has 2 aromatic carbocycles. The van der Waals surface area contributed by atoms with Crippen LogP contribution in [-0.2, 0) is 14.3 Å². The van der Waals surface area contributed by atoms with E-state index in [2.05, 4.69) is 12.1 Å². The van der Waals surface area contributed by atoms with E-state index in [4.69, 9.17) is 4.74 Å². The van der Waals surface area contributed by atoms with Gasteiger partial charge in [-0.1, -0.05) is 48.5 Å². The van der Waals surface area contributed by atoms with Crippen LogP contribution in [0.15, 0.2) is 60.7 Å². The minimum Gasteiger partial charge on any atom is -0.376 e. The number of nitrogens with zero attached hydrogens (tertiary/aromatic N) is 2. The van der Waals surface area contributed by atoms with Crippen LogP contribution >= 0.6 is 0 Å². The number of likely N-dealkylation sites (tertiary alicyclic amines) is 1. The maximum atomic E-state index is 13.1. The molecule has 5 nitrogen and oxygen atoms in total.